The topological polar surface area (TPSA) is 149 Å². The molecule has 0 saturated heterocycles. The highest BCUT2D eigenvalue weighted by Crippen LogP contribution is 2.43. The predicted molar refractivity (Wildman–Crippen MR) is 215 cm³/mol. The fourth-order valence-electron chi connectivity index (χ4n) is 6.05. The number of hydrogen-bond acceptors (Lipinski definition) is 9. The van der Waals surface area contributed by atoms with Gasteiger partial charge in [-0.3, -0.25) is 18.6 Å². The van der Waals surface area contributed by atoms with Crippen LogP contribution in [0.15, 0.2) is 12.2 Å². The van der Waals surface area contributed by atoms with Gasteiger partial charge in [0, 0.05) is 12.8 Å². The van der Waals surface area contributed by atoms with Crippen molar-refractivity contribution in [3.63, 3.8) is 0 Å². The van der Waals surface area contributed by atoms with Crippen molar-refractivity contribution in [2.75, 3.05) is 26.4 Å². The largest absolute Gasteiger partial charge is 0.472 e. The van der Waals surface area contributed by atoms with Crippen LogP contribution < -0.4 is 0 Å². The second-order valence-corrected chi connectivity index (χ2v) is 16.2. The molecule has 53 heavy (non-hydrogen) atoms. The van der Waals surface area contributed by atoms with E-state index in [2.05, 4.69) is 30.5 Å². The Bertz CT molecular complexity index is 899. The zero-order chi connectivity index (χ0) is 39.1. The lowest BCUT2D eigenvalue weighted by Gasteiger charge is -2.20. The number of carbonyl (C=O) groups is 2. The first kappa shape index (κ1) is 51.7. The number of aliphatic hydroxyl groups excluding tert-OH is 2. The zero-order valence-corrected chi connectivity index (χ0v) is 34.9. The fraction of sp³-hybridized carbons (Fsp3) is 0.905. The van der Waals surface area contributed by atoms with Crippen molar-refractivity contribution in [1.82, 2.24) is 0 Å². The summed E-state index contributed by atoms with van der Waals surface area (Å²) in [5, 5.41) is 18.3. The van der Waals surface area contributed by atoms with Gasteiger partial charge >= 0.3 is 19.8 Å². The second-order valence-electron chi connectivity index (χ2n) is 14.7. The Labute approximate surface area is 324 Å². The van der Waals surface area contributed by atoms with Crippen LogP contribution in [0.3, 0.4) is 0 Å². The molecular formula is C42H81O10P. The van der Waals surface area contributed by atoms with Gasteiger partial charge in [0.1, 0.15) is 12.7 Å². The van der Waals surface area contributed by atoms with E-state index in [1.54, 1.807) is 0 Å². The maximum atomic E-state index is 12.6. The first-order valence-electron chi connectivity index (χ1n) is 21.6. The number of phosphoric acid groups is 1. The minimum Gasteiger partial charge on any atom is -0.462 e. The third-order valence-electron chi connectivity index (χ3n) is 9.42. The van der Waals surface area contributed by atoms with E-state index < -0.39 is 51.8 Å². The Hall–Kier alpha value is -1.29. The molecule has 0 amide bonds. The van der Waals surface area contributed by atoms with Crippen molar-refractivity contribution in [2.45, 2.75) is 219 Å². The van der Waals surface area contributed by atoms with Crippen LogP contribution in [-0.4, -0.2) is 65.7 Å². The average Bonchev–Trinajstić information content (AvgIpc) is 3.14. The average molecular weight is 777 g/mol. The molecule has 1 unspecified atom stereocenters. The van der Waals surface area contributed by atoms with E-state index in [0.717, 1.165) is 57.8 Å². The van der Waals surface area contributed by atoms with E-state index in [1.165, 1.54) is 109 Å². The van der Waals surface area contributed by atoms with E-state index in [1.807, 2.05) is 0 Å². The van der Waals surface area contributed by atoms with E-state index in [0.29, 0.717) is 12.8 Å². The minimum absolute atomic E-state index is 0.178. The van der Waals surface area contributed by atoms with Crippen molar-refractivity contribution in [1.29, 1.82) is 0 Å². The van der Waals surface area contributed by atoms with Crippen molar-refractivity contribution in [3.8, 4) is 0 Å². The maximum absolute atomic E-state index is 12.6. The van der Waals surface area contributed by atoms with Crippen LogP contribution in [0.1, 0.15) is 206 Å². The van der Waals surface area contributed by atoms with Crippen molar-refractivity contribution in [2.24, 2.45) is 0 Å². The van der Waals surface area contributed by atoms with Crippen LogP contribution >= 0.6 is 7.82 Å². The molecule has 0 bridgehead atoms. The Kier molecular flexibility index (Phi) is 38.0. The Balaban J connectivity index is 4.25. The monoisotopic (exact) mass is 777 g/mol. The fourth-order valence-corrected chi connectivity index (χ4v) is 6.84. The maximum Gasteiger partial charge on any atom is 0.472 e. The highest BCUT2D eigenvalue weighted by atomic mass is 31.2. The van der Waals surface area contributed by atoms with Crippen LogP contribution in [0.2, 0.25) is 0 Å². The quantitative estimate of drug-likeness (QED) is 0.0237. The summed E-state index contributed by atoms with van der Waals surface area (Å²) in [6.07, 6.45) is 36.0. The number of aliphatic hydroxyl groups is 2. The molecular weight excluding hydrogens is 695 g/mol. The Morgan fingerprint density at radius 1 is 0.547 bits per heavy atom. The van der Waals surface area contributed by atoms with E-state index in [-0.39, 0.29) is 19.4 Å². The molecule has 0 aromatic rings. The van der Waals surface area contributed by atoms with Crippen LogP contribution in [-0.2, 0) is 32.7 Å². The van der Waals surface area contributed by atoms with Gasteiger partial charge < -0.3 is 24.6 Å². The molecule has 3 atom stereocenters. The molecule has 0 aromatic carbocycles. The van der Waals surface area contributed by atoms with Crippen LogP contribution in [0.25, 0.3) is 0 Å². The van der Waals surface area contributed by atoms with Crippen molar-refractivity contribution >= 4 is 19.8 Å². The van der Waals surface area contributed by atoms with Gasteiger partial charge in [0.05, 0.1) is 19.8 Å². The van der Waals surface area contributed by atoms with Crippen LogP contribution in [0.4, 0.5) is 0 Å². The Morgan fingerprint density at radius 2 is 0.925 bits per heavy atom. The molecule has 0 aliphatic rings. The molecule has 11 heteroatoms. The summed E-state index contributed by atoms with van der Waals surface area (Å²) in [5.74, 6) is -0.925. The second kappa shape index (κ2) is 39.0. The number of carbonyl (C=O) groups excluding carboxylic acids is 2. The van der Waals surface area contributed by atoms with E-state index >= 15 is 0 Å². The summed E-state index contributed by atoms with van der Waals surface area (Å²) in [6.45, 7) is 2.38. The van der Waals surface area contributed by atoms with Gasteiger partial charge in [-0.25, -0.2) is 4.57 Å². The summed E-state index contributed by atoms with van der Waals surface area (Å²) >= 11 is 0. The van der Waals surface area contributed by atoms with Crippen molar-refractivity contribution in [3.05, 3.63) is 12.2 Å². The molecule has 10 nitrogen and oxygen atoms in total. The highest BCUT2D eigenvalue weighted by molar-refractivity contribution is 7.47. The number of unbranched alkanes of at least 4 members (excludes halogenated alkanes) is 25. The SMILES string of the molecule is CCCCCC/C=C/CCCCCCCC(=O)O[C@H](COC(=O)CCCCCCCCCCCCCCCCCCC)COP(=O)(O)OC[C@@H](O)CO. The number of hydrogen-bond donors (Lipinski definition) is 3. The van der Waals surface area contributed by atoms with Gasteiger partial charge in [-0.2, -0.15) is 0 Å². The number of esters is 2. The summed E-state index contributed by atoms with van der Waals surface area (Å²) in [6, 6.07) is 0. The van der Waals surface area contributed by atoms with Gasteiger partial charge in [0.25, 0.3) is 0 Å². The zero-order valence-electron chi connectivity index (χ0n) is 34.0. The molecule has 314 valence electrons. The number of ether oxygens (including phenoxy) is 2. The molecule has 0 saturated carbocycles. The molecule has 0 spiro atoms. The first-order valence-corrected chi connectivity index (χ1v) is 23.1. The summed E-state index contributed by atoms with van der Waals surface area (Å²) < 4.78 is 32.7. The van der Waals surface area contributed by atoms with Crippen LogP contribution in [0, 0.1) is 0 Å². The molecule has 0 heterocycles. The van der Waals surface area contributed by atoms with E-state index in [9.17, 15) is 24.2 Å². The number of phosphoric ester groups is 1. The van der Waals surface area contributed by atoms with Gasteiger partial charge in [-0.15, -0.1) is 0 Å². The van der Waals surface area contributed by atoms with Gasteiger partial charge in [-0.05, 0) is 38.5 Å². The normalized spacial score (nSPS) is 14.0. The standard InChI is InChI=1S/C42H81O10P/c1-3-5-7-9-11-13-15-17-18-19-20-22-23-25-27-29-31-33-41(45)49-37-40(38-51-53(47,48)50-36-39(44)35-43)52-42(46)34-32-30-28-26-24-21-16-14-12-10-8-6-4-2/h14,16,39-40,43-44H,3-13,15,17-38H2,1-2H3,(H,47,48)/b16-14+/t39-,40+/m0/s1. The number of rotatable bonds is 41. The summed E-state index contributed by atoms with van der Waals surface area (Å²) in [4.78, 5) is 34.9. The lowest BCUT2D eigenvalue weighted by Crippen LogP contribution is -2.29. The third-order valence-corrected chi connectivity index (χ3v) is 10.4. The van der Waals surface area contributed by atoms with Gasteiger partial charge in [-0.1, -0.05) is 167 Å². The van der Waals surface area contributed by atoms with Crippen LogP contribution in [0.5, 0.6) is 0 Å². The summed E-state index contributed by atoms with van der Waals surface area (Å²) in [5.41, 5.74) is 0. The smallest absolute Gasteiger partial charge is 0.462 e. The summed E-state index contributed by atoms with van der Waals surface area (Å²) in [7, 11) is -4.61. The molecule has 0 aromatic heterocycles. The van der Waals surface area contributed by atoms with Gasteiger partial charge in [0.2, 0.25) is 0 Å². The molecule has 0 rings (SSSR count). The molecule has 0 radical (unpaired) electrons. The molecule has 3 N–H and O–H groups in total. The Morgan fingerprint density at radius 3 is 1.38 bits per heavy atom. The van der Waals surface area contributed by atoms with Crippen molar-refractivity contribution < 1.29 is 47.8 Å². The lowest BCUT2D eigenvalue weighted by atomic mass is 10.0. The molecule has 0 aliphatic carbocycles. The highest BCUT2D eigenvalue weighted by Gasteiger charge is 2.27. The first-order chi connectivity index (χ1) is 25.7. The predicted octanol–water partition coefficient (Wildman–Crippen LogP) is 11.2. The number of allylic oxidation sites excluding steroid dienone is 2. The van der Waals surface area contributed by atoms with Gasteiger partial charge in [0.15, 0.2) is 6.10 Å². The molecule has 0 fully saturated rings. The third kappa shape index (κ3) is 38.8. The minimum atomic E-state index is -4.61. The molecule has 0 aliphatic heterocycles. The lowest BCUT2D eigenvalue weighted by molar-refractivity contribution is -0.161. The van der Waals surface area contributed by atoms with E-state index in [4.69, 9.17) is 19.1 Å².